The van der Waals surface area contributed by atoms with Crippen LogP contribution in [0.4, 0.5) is 0 Å². The van der Waals surface area contributed by atoms with Crippen LogP contribution >= 0.6 is 35.3 Å². The molecule has 0 bridgehead atoms. The van der Waals surface area contributed by atoms with E-state index in [1.165, 1.54) is 34.5 Å². The van der Waals surface area contributed by atoms with Crippen molar-refractivity contribution in [2.24, 2.45) is 35.5 Å². The third-order valence-corrected chi connectivity index (χ3v) is 8.12. The van der Waals surface area contributed by atoms with Crippen LogP contribution in [-0.2, 0) is 0 Å². The molecule has 0 aliphatic carbocycles. The fourth-order valence-corrected chi connectivity index (χ4v) is 4.86. The smallest absolute Gasteiger partial charge is 0.00443 e. The Morgan fingerprint density at radius 3 is 0.481 bits per heavy atom. The summed E-state index contributed by atoms with van der Waals surface area (Å²) in [5.41, 5.74) is 0. The van der Waals surface area contributed by atoms with Gasteiger partial charge in [0.15, 0.2) is 0 Å². The first-order valence-electron chi connectivity index (χ1n) is 11.1. The molecule has 0 fully saturated rings. The molecule has 0 spiro atoms. The van der Waals surface area contributed by atoms with Crippen molar-refractivity contribution < 1.29 is 0 Å². The molecule has 0 unspecified atom stereocenters. The van der Waals surface area contributed by atoms with Gasteiger partial charge in [0, 0.05) is 0 Å². The molecule has 0 aromatic rings. The molecule has 3 heteroatoms. The zero-order valence-electron chi connectivity index (χ0n) is 20.9. The zero-order valence-corrected chi connectivity index (χ0v) is 23.4. The van der Waals surface area contributed by atoms with Gasteiger partial charge in [-0.15, -0.1) is 0 Å². The summed E-state index contributed by atoms with van der Waals surface area (Å²) in [5, 5.41) is 0. The third-order valence-electron chi connectivity index (χ3n) is 2.71. The first-order chi connectivity index (χ1) is 12.4. The van der Waals surface area contributed by atoms with E-state index in [9.17, 15) is 0 Å². The van der Waals surface area contributed by atoms with Gasteiger partial charge in [0.25, 0.3) is 0 Å². The molecule has 0 amide bonds. The summed E-state index contributed by atoms with van der Waals surface area (Å²) < 4.78 is 0. The highest BCUT2D eigenvalue weighted by Crippen LogP contribution is 2.12. The minimum atomic E-state index is 0.855. The Bertz CT molecular complexity index is 192. The highest BCUT2D eigenvalue weighted by Gasteiger charge is 1.97. The summed E-state index contributed by atoms with van der Waals surface area (Å²) in [7, 11) is 0. The number of hydrogen-bond donors (Lipinski definition) is 0. The van der Waals surface area contributed by atoms with Crippen LogP contribution in [0.15, 0.2) is 0 Å². The molecular formula is C24H54S3. The first-order valence-corrected chi connectivity index (χ1v) is 14.6. The molecule has 0 aromatic carbocycles. The molecular weight excluding hydrogens is 384 g/mol. The van der Waals surface area contributed by atoms with Crippen LogP contribution in [0, 0.1) is 35.5 Å². The lowest BCUT2D eigenvalue weighted by atomic mass is 10.3. The molecule has 168 valence electrons. The maximum atomic E-state index is 2.27. The summed E-state index contributed by atoms with van der Waals surface area (Å²) in [5.74, 6) is 13.0. The molecule has 0 N–H and O–H groups in total. The van der Waals surface area contributed by atoms with E-state index in [-0.39, 0.29) is 0 Å². The molecule has 0 atom stereocenters. The summed E-state index contributed by atoms with van der Waals surface area (Å²) in [6.07, 6.45) is 0. The van der Waals surface area contributed by atoms with Crippen molar-refractivity contribution >= 4 is 35.3 Å². The molecule has 0 saturated carbocycles. The van der Waals surface area contributed by atoms with E-state index in [0.717, 1.165) is 35.5 Å². The minimum Gasteiger partial charge on any atom is -0.161 e. The Morgan fingerprint density at radius 1 is 0.296 bits per heavy atom. The minimum absolute atomic E-state index is 0.855. The van der Waals surface area contributed by atoms with Gasteiger partial charge in [-0.3, -0.25) is 0 Å². The Balaban J connectivity index is -0.000000320. The topological polar surface area (TPSA) is 0 Å². The second kappa shape index (κ2) is 23.3. The highest BCUT2D eigenvalue weighted by molar-refractivity contribution is 7.99. The second-order valence-corrected chi connectivity index (χ2v) is 13.2. The van der Waals surface area contributed by atoms with Crippen molar-refractivity contribution in [3.05, 3.63) is 0 Å². The van der Waals surface area contributed by atoms with Crippen LogP contribution in [0.1, 0.15) is 83.1 Å². The van der Waals surface area contributed by atoms with Gasteiger partial charge < -0.3 is 0 Å². The van der Waals surface area contributed by atoms with Gasteiger partial charge in [0.1, 0.15) is 0 Å². The van der Waals surface area contributed by atoms with Crippen molar-refractivity contribution in [1.29, 1.82) is 0 Å². The van der Waals surface area contributed by atoms with Gasteiger partial charge in [-0.2, -0.15) is 35.3 Å². The monoisotopic (exact) mass is 438 g/mol. The average Bonchev–Trinajstić information content (AvgIpc) is 2.46. The summed E-state index contributed by atoms with van der Waals surface area (Å²) >= 11 is 6.21. The Kier molecular flexibility index (Phi) is 28.3. The molecule has 0 radical (unpaired) electrons. The van der Waals surface area contributed by atoms with E-state index in [1.54, 1.807) is 0 Å². The first kappa shape index (κ1) is 32.7. The summed E-state index contributed by atoms with van der Waals surface area (Å²) in [6.45, 7) is 27.3. The van der Waals surface area contributed by atoms with E-state index >= 15 is 0 Å². The Hall–Kier alpha value is 1.05. The van der Waals surface area contributed by atoms with Gasteiger partial charge in [0.2, 0.25) is 0 Å². The van der Waals surface area contributed by atoms with Gasteiger partial charge >= 0.3 is 0 Å². The molecule has 0 saturated heterocycles. The van der Waals surface area contributed by atoms with E-state index in [2.05, 4.69) is 118 Å². The molecule has 0 aliphatic heterocycles. The lowest BCUT2D eigenvalue weighted by Crippen LogP contribution is -1.96. The predicted molar refractivity (Wildman–Crippen MR) is 141 cm³/mol. The Labute approximate surface area is 188 Å². The number of thioether (sulfide) groups is 3. The lowest BCUT2D eigenvalue weighted by Gasteiger charge is -2.05. The SMILES string of the molecule is CC(C)CSCC(C)C.CC(C)CSCC(C)C.CC(C)CSCC(C)C. The second-order valence-electron chi connectivity index (χ2n) is 9.98. The van der Waals surface area contributed by atoms with Crippen molar-refractivity contribution in [3.8, 4) is 0 Å². The quantitative estimate of drug-likeness (QED) is 0.298. The van der Waals surface area contributed by atoms with E-state index in [1.807, 2.05) is 0 Å². The molecule has 0 rings (SSSR count). The standard InChI is InChI=1S/3C8H18S/c3*1-7(2)5-9-6-8(3)4/h3*7-8H,5-6H2,1-4H3. The van der Waals surface area contributed by atoms with Gasteiger partial charge in [-0.25, -0.2) is 0 Å². The van der Waals surface area contributed by atoms with Gasteiger partial charge in [0.05, 0.1) is 0 Å². The van der Waals surface area contributed by atoms with Crippen molar-refractivity contribution in [1.82, 2.24) is 0 Å². The fraction of sp³-hybridized carbons (Fsp3) is 1.00. The summed E-state index contributed by atoms with van der Waals surface area (Å²) in [6, 6.07) is 0. The lowest BCUT2D eigenvalue weighted by molar-refractivity contribution is 0.730. The van der Waals surface area contributed by atoms with Crippen LogP contribution in [0.2, 0.25) is 0 Å². The molecule has 0 aromatic heterocycles. The van der Waals surface area contributed by atoms with Crippen LogP contribution < -0.4 is 0 Å². The van der Waals surface area contributed by atoms with Gasteiger partial charge in [-0.05, 0) is 70.0 Å². The number of rotatable bonds is 12. The van der Waals surface area contributed by atoms with Crippen molar-refractivity contribution in [3.63, 3.8) is 0 Å². The maximum absolute atomic E-state index is 2.27. The Morgan fingerprint density at radius 2 is 0.407 bits per heavy atom. The number of hydrogen-bond acceptors (Lipinski definition) is 3. The van der Waals surface area contributed by atoms with Crippen LogP contribution in [0.5, 0.6) is 0 Å². The molecule has 0 heterocycles. The fourth-order valence-electron chi connectivity index (χ4n) is 1.62. The maximum Gasteiger partial charge on any atom is -0.00443 e. The zero-order chi connectivity index (χ0) is 21.8. The van der Waals surface area contributed by atoms with Crippen LogP contribution in [0.25, 0.3) is 0 Å². The van der Waals surface area contributed by atoms with Crippen molar-refractivity contribution in [2.75, 3.05) is 34.5 Å². The van der Waals surface area contributed by atoms with Crippen LogP contribution in [-0.4, -0.2) is 34.5 Å². The molecule has 0 aliphatic rings. The largest absolute Gasteiger partial charge is 0.161 e. The molecule has 0 nitrogen and oxygen atoms in total. The average molecular weight is 439 g/mol. The van der Waals surface area contributed by atoms with E-state index in [4.69, 9.17) is 0 Å². The summed E-state index contributed by atoms with van der Waals surface area (Å²) in [4.78, 5) is 0. The highest BCUT2D eigenvalue weighted by atomic mass is 32.2. The van der Waals surface area contributed by atoms with Gasteiger partial charge in [-0.1, -0.05) is 83.1 Å². The van der Waals surface area contributed by atoms with Crippen molar-refractivity contribution in [2.45, 2.75) is 83.1 Å². The predicted octanol–water partition coefficient (Wildman–Crippen LogP) is 9.09. The third kappa shape index (κ3) is 46.8. The normalized spacial score (nSPS) is 11.3. The van der Waals surface area contributed by atoms with E-state index < -0.39 is 0 Å². The van der Waals surface area contributed by atoms with E-state index in [0.29, 0.717) is 0 Å². The van der Waals surface area contributed by atoms with Crippen LogP contribution in [0.3, 0.4) is 0 Å². The molecule has 27 heavy (non-hydrogen) atoms.